The Kier molecular flexibility index (Phi) is 5.20. The average molecular weight is 319 g/mol. The Morgan fingerprint density at radius 2 is 2.00 bits per heavy atom. The molecule has 0 spiro atoms. The quantitative estimate of drug-likeness (QED) is 0.825. The second-order valence-corrected chi connectivity index (χ2v) is 5.68. The van der Waals surface area contributed by atoms with E-state index in [0.29, 0.717) is 12.2 Å². The second-order valence-electron chi connectivity index (χ2n) is 5.68. The largest absolute Gasteiger partial charge is 0.465 e. The van der Waals surface area contributed by atoms with Crippen molar-refractivity contribution in [1.29, 1.82) is 0 Å². The molecule has 1 aromatic rings. The first-order valence-corrected chi connectivity index (χ1v) is 7.46. The lowest BCUT2D eigenvalue weighted by Crippen LogP contribution is -2.41. The smallest absolute Gasteiger partial charge is 0.339 e. The molecule has 1 unspecified atom stereocenters. The molecule has 0 saturated carbocycles. The summed E-state index contributed by atoms with van der Waals surface area (Å²) in [6, 6.07) is 6.00. The monoisotopic (exact) mass is 319 g/mol. The van der Waals surface area contributed by atoms with Gasteiger partial charge in [-0.1, -0.05) is 12.1 Å². The molecule has 1 atom stereocenters. The van der Waals surface area contributed by atoms with Gasteiger partial charge < -0.3 is 20.3 Å². The highest BCUT2D eigenvalue weighted by Crippen LogP contribution is 2.17. The third-order valence-electron chi connectivity index (χ3n) is 3.70. The molecule has 1 saturated heterocycles. The van der Waals surface area contributed by atoms with Crippen LogP contribution < -0.4 is 10.6 Å². The molecule has 23 heavy (non-hydrogen) atoms. The summed E-state index contributed by atoms with van der Waals surface area (Å²) in [6.45, 7) is 4.36. The molecule has 1 fully saturated rings. The first kappa shape index (κ1) is 16.8. The molecule has 124 valence electrons. The van der Waals surface area contributed by atoms with Crippen molar-refractivity contribution in [1.82, 2.24) is 10.2 Å². The summed E-state index contributed by atoms with van der Waals surface area (Å²) in [7, 11) is 1.28. The molecule has 1 aromatic carbocycles. The van der Waals surface area contributed by atoms with Crippen molar-refractivity contribution in [2.75, 3.05) is 19.0 Å². The van der Waals surface area contributed by atoms with Crippen LogP contribution in [0.4, 0.5) is 10.5 Å². The molecular formula is C16H21N3O4. The van der Waals surface area contributed by atoms with Crippen LogP contribution in [0.25, 0.3) is 0 Å². The molecule has 2 rings (SSSR count). The molecule has 2 N–H and O–H groups in total. The molecule has 7 heteroatoms. The molecule has 0 bridgehead atoms. The highest BCUT2D eigenvalue weighted by atomic mass is 16.5. The Morgan fingerprint density at radius 1 is 1.30 bits per heavy atom. The van der Waals surface area contributed by atoms with Crippen LogP contribution in [0, 0.1) is 0 Å². The third-order valence-corrected chi connectivity index (χ3v) is 3.70. The van der Waals surface area contributed by atoms with Crippen molar-refractivity contribution in [2.24, 2.45) is 0 Å². The average Bonchev–Trinajstić information content (AvgIpc) is 2.87. The molecule has 0 radical (unpaired) electrons. The van der Waals surface area contributed by atoms with Crippen molar-refractivity contribution in [2.45, 2.75) is 32.4 Å². The molecule has 0 aliphatic carbocycles. The first-order chi connectivity index (χ1) is 10.9. The van der Waals surface area contributed by atoms with Crippen molar-refractivity contribution in [3.05, 3.63) is 29.8 Å². The maximum Gasteiger partial charge on any atom is 0.339 e. The van der Waals surface area contributed by atoms with Crippen LogP contribution in [0.2, 0.25) is 0 Å². The summed E-state index contributed by atoms with van der Waals surface area (Å²) in [6.07, 6.45) is 0.282. The number of ether oxygens (including phenoxy) is 1. The number of hydrogen-bond acceptors (Lipinski definition) is 4. The van der Waals surface area contributed by atoms with E-state index in [1.807, 2.05) is 13.8 Å². The van der Waals surface area contributed by atoms with E-state index in [4.69, 9.17) is 0 Å². The van der Waals surface area contributed by atoms with E-state index in [-0.39, 0.29) is 30.0 Å². The molecule has 7 nitrogen and oxygen atoms in total. The van der Waals surface area contributed by atoms with Crippen molar-refractivity contribution in [3.8, 4) is 0 Å². The van der Waals surface area contributed by atoms with E-state index in [1.165, 1.54) is 7.11 Å². The number of urea groups is 1. The van der Waals surface area contributed by atoms with Crippen molar-refractivity contribution < 1.29 is 19.1 Å². The van der Waals surface area contributed by atoms with Gasteiger partial charge in [0, 0.05) is 19.0 Å². The van der Waals surface area contributed by atoms with Gasteiger partial charge in [0.1, 0.15) is 0 Å². The number of carbonyl (C=O) groups is 3. The third kappa shape index (κ3) is 4.00. The standard InChI is InChI=1S/C16H21N3O4/c1-10(2)19-9-11(8-14(19)20)17-16(22)18-13-7-5-4-6-12(13)15(21)23-3/h4-7,10-11H,8-9H2,1-3H3,(H2,17,18,22). The van der Waals surface area contributed by atoms with Gasteiger partial charge in [-0.25, -0.2) is 9.59 Å². The fraction of sp³-hybridized carbons (Fsp3) is 0.438. The lowest BCUT2D eigenvalue weighted by Gasteiger charge is -2.21. The van der Waals surface area contributed by atoms with Crippen LogP contribution in [-0.4, -0.2) is 48.5 Å². The van der Waals surface area contributed by atoms with Gasteiger partial charge in [-0.2, -0.15) is 0 Å². The molecule has 3 amide bonds. The van der Waals surface area contributed by atoms with Crippen LogP contribution in [0.5, 0.6) is 0 Å². The van der Waals surface area contributed by atoms with Gasteiger partial charge in [0.15, 0.2) is 0 Å². The first-order valence-electron chi connectivity index (χ1n) is 7.46. The van der Waals surface area contributed by atoms with Crippen molar-refractivity contribution in [3.63, 3.8) is 0 Å². The SMILES string of the molecule is COC(=O)c1ccccc1NC(=O)NC1CC(=O)N(C(C)C)C1. The van der Waals surface area contributed by atoms with Gasteiger partial charge in [-0.3, -0.25) is 4.79 Å². The highest BCUT2D eigenvalue weighted by molar-refractivity contribution is 6.01. The van der Waals surface area contributed by atoms with Crippen LogP contribution in [0.1, 0.15) is 30.6 Å². The minimum atomic E-state index is -0.525. The van der Waals surface area contributed by atoms with Crippen LogP contribution in [0.3, 0.4) is 0 Å². The number of para-hydroxylation sites is 1. The Hall–Kier alpha value is -2.57. The van der Waals surface area contributed by atoms with Gasteiger partial charge in [0.25, 0.3) is 0 Å². The summed E-state index contributed by atoms with van der Waals surface area (Å²) in [5.74, 6) is -0.497. The second kappa shape index (κ2) is 7.13. The maximum absolute atomic E-state index is 12.1. The highest BCUT2D eigenvalue weighted by Gasteiger charge is 2.32. The number of anilines is 1. The summed E-state index contributed by atoms with van der Waals surface area (Å²) in [5, 5.41) is 5.39. The molecule has 1 aliphatic rings. The normalized spacial score (nSPS) is 17.3. The number of rotatable bonds is 4. The zero-order valence-corrected chi connectivity index (χ0v) is 13.5. The van der Waals surface area contributed by atoms with E-state index in [1.54, 1.807) is 29.2 Å². The van der Waals surface area contributed by atoms with E-state index in [0.717, 1.165) is 0 Å². The van der Waals surface area contributed by atoms with E-state index < -0.39 is 12.0 Å². The predicted molar refractivity (Wildman–Crippen MR) is 85.2 cm³/mol. The number of benzene rings is 1. The van der Waals surface area contributed by atoms with E-state index >= 15 is 0 Å². The lowest BCUT2D eigenvalue weighted by atomic mass is 10.2. The molecule has 0 aromatic heterocycles. The number of methoxy groups -OCH3 is 1. The Labute approximate surface area is 135 Å². The van der Waals surface area contributed by atoms with Gasteiger partial charge >= 0.3 is 12.0 Å². The number of nitrogens with zero attached hydrogens (tertiary/aromatic N) is 1. The Morgan fingerprint density at radius 3 is 2.61 bits per heavy atom. The van der Waals surface area contributed by atoms with Gasteiger partial charge in [-0.15, -0.1) is 0 Å². The minimum absolute atomic E-state index is 0.0280. The Bertz CT molecular complexity index is 615. The van der Waals surface area contributed by atoms with Gasteiger partial charge in [0.05, 0.1) is 24.4 Å². The number of carbonyl (C=O) groups excluding carboxylic acids is 3. The number of likely N-dealkylation sites (tertiary alicyclic amines) is 1. The van der Waals surface area contributed by atoms with Crippen LogP contribution in [0.15, 0.2) is 24.3 Å². The lowest BCUT2D eigenvalue weighted by molar-refractivity contribution is -0.129. The number of hydrogen-bond donors (Lipinski definition) is 2. The van der Waals surface area contributed by atoms with Crippen LogP contribution >= 0.6 is 0 Å². The van der Waals surface area contributed by atoms with E-state index in [2.05, 4.69) is 15.4 Å². The summed E-state index contributed by atoms with van der Waals surface area (Å²) in [5.41, 5.74) is 0.637. The fourth-order valence-corrected chi connectivity index (χ4v) is 2.55. The van der Waals surface area contributed by atoms with E-state index in [9.17, 15) is 14.4 Å². The fourth-order valence-electron chi connectivity index (χ4n) is 2.55. The van der Waals surface area contributed by atoms with Crippen LogP contribution in [-0.2, 0) is 9.53 Å². The maximum atomic E-state index is 12.1. The van der Waals surface area contributed by atoms with Gasteiger partial charge in [0.2, 0.25) is 5.91 Å². The predicted octanol–water partition coefficient (Wildman–Crippen LogP) is 1.60. The molecule has 1 aliphatic heterocycles. The molecule has 1 heterocycles. The number of nitrogens with one attached hydrogen (secondary N) is 2. The topological polar surface area (TPSA) is 87.7 Å². The van der Waals surface area contributed by atoms with Crippen molar-refractivity contribution >= 4 is 23.6 Å². The zero-order valence-electron chi connectivity index (χ0n) is 13.5. The van der Waals surface area contributed by atoms with Gasteiger partial charge in [-0.05, 0) is 26.0 Å². The Balaban J connectivity index is 1.99. The number of esters is 1. The summed E-state index contributed by atoms with van der Waals surface area (Å²) in [4.78, 5) is 37.4. The summed E-state index contributed by atoms with van der Waals surface area (Å²) < 4.78 is 4.68. The molecular weight excluding hydrogens is 298 g/mol. The zero-order chi connectivity index (χ0) is 17.0. The summed E-state index contributed by atoms with van der Waals surface area (Å²) >= 11 is 0. The minimum Gasteiger partial charge on any atom is -0.465 e. The number of amides is 3.